The van der Waals surface area contributed by atoms with Crippen molar-refractivity contribution in [2.45, 2.75) is 13.2 Å². The van der Waals surface area contributed by atoms with E-state index in [1.54, 1.807) is 13.1 Å². The Morgan fingerprint density at radius 2 is 1.77 bits per heavy atom. The summed E-state index contributed by atoms with van der Waals surface area (Å²) in [5, 5.41) is 2.64. The fourth-order valence-corrected chi connectivity index (χ4v) is 4.36. The Labute approximate surface area is 222 Å². The van der Waals surface area contributed by atoms with E-state index in [2.05, 4.69) is 10.3 Å². The van der Waals surface area contributed by atoms with E-state index in [-0.39, 0.29) is 24.7 Å². The zero-order valence-electron chi connectivity index (χ0n) is 21.2. The Balaban J connectivity index is 1.48. The zero-order valence-corrected chi connectivity index (χ0v) is 21.2. The minimum atomic E-state index is -0.639. The number of rotatable bonds is 8. The monoisotopic (exact) mass is 530 g/mol. The third-order valence-electron chi connectivity index (χ3n) is 6.24. The molecule has 0 fully saturated rings. The van der Waals surface area contributed by atoms with E-state index in [1.165, 1.54) is 59.0 Å². The van der Waals surface area contributed by atoms with Gasteiger partial charge < -0.3 is 14.8 Å². The van der Waals surface area contributed by atoms with Gasteiger partial charge in [0.15, 0.2) is 17.3 Å². The van der Waals surface area contributed by atoms with Gasteiger partial charge in [-0.05, 0) is 47.5 Å². The van der Waals surface area contributed by atoms with E-state index >= 15 is 4.39 Å². The first-order valence-electron chi connectivity index (χ1n) is 12.0. The molecule has 0 unspecified atom stereocenters. The summed E-state index contributed by atoms with van der Waals surface area (Å²) in [7, 11) is 2.98. The van der Waals surface area contributed by atoms with Crippen LogP contribution in [0.4, 0.5) is 14.5 Å². The van der Waals surface area contributed by atoms with Crippen LogP contribution in [0.25, 0.3) is 22.2 Å². The Hall–Kier alpha value is -4.99. The number of hydrogen-bond acceptors (Lipinski definition) is 5. The third-order valence-corrected chi connectivity index (χ3v) is 6.24. The Bertz CT molecular complexity index is 1710. The molecule has 0 bridgehead atoms. The number of pyridine rings is 1. The van der Waals surface area contributed by atoms with E-state index in [0.29, 0.717) is 27.8 Å². The topological polar surface area (TPSA) is 87.4 Å². The van der Waals surface area contributed by atoms with E-state index in [1.807, 2.05) is 30.3 Å². The fraction of sp³-hybridized carbons (Fsp3) is 0.138. The van der Waals surface area contributed by atoms with Crippen LogP contribution in [0.3, 0.4) is 0 Å². The highest BCUT2D eigenvalue weighted by Crippen LogP contribution is 2.37. The summed E-state index contributed by atoms with van der Waals surface area (Å²) in [5.74, 6) is -1.40. The molecular formula is C29H24F2N4O4. The number of carbonyl (C=O) groups excluding carboxylic acids is 1. The molecular weight excluding hydrogens is 506 g/mol. The van der Waals surface area contributed by atoms with Crippen LogP contribution in [0.5, 0.6) is 11.5 Å². The van der Waals surface area contributed by atoms with Crippen LogP contribution in [0.15, 0.2) is 83.9 Å². The van der Waals surface area contributed by atoms with Gasteiger partial charge in [-0.2, -0.15) is 0 Å². The van der Waals surface area contributed by atoms with Gasteiger partial charge in [-0.15, -0.1) is 0 Å². The number of ether oxygens (including phenoxy) is 2. The van der Waals surface area contributed by atoms with Crippen LogP contribution in [0, 0.1) is 11.6 Å². The van der Waals surface area contributed by atoms with Crippen LogP contribution in [0.1, 0.15) is 5.56 Å². The van der Waals surface area contributed by atoms with E-state index in [9.17, 15) is 14.0 Å². The van der Waals surface area contributed by atoms with Crippen LogP contribution >= 0.6 is 0 Å². The highest BCUT2D eigenvalue weighted by molar-refractivity contribution is 5.95. The Morgan fingerprint density at radius 3 is 2.49 bits per heavy atom. The van der Waals surface area contributed by atoms with Gasteiger partial charge in [0.05, 0.1) is 24.3 Å². The minimum absolute atomic E-state index is 0.0332. The van der Waals surface area contributed by atoms with Crippen molar-refractivity contribution >= 4 is 22.6 Å². The van der Waals surface area contributed by atoms with Gasteiger partial charge in [0, 0.05) is 24.5 Å². The van der Waals surface area contributed by atoms with Gasteiger partial charge in [-0.3, -0.25) is 18.9 Å². The molecule has 39 heavy (non-hydrogen) atoms. The van der Waals surface area contributed by atoms with Gasteiger partial charge >= 0.3 is 5.69 Å². The first-order valence-corrected chi connectivity index (χ1v) is 12.0. The van der Waals surface area contributed by atoms with Crippen molar-refractivity contribution in [1.29, 1.82) is 0 Å². The summed E-state index contributed by atoms with van der Waals surface area (Å²) in [4.78, 5) is 30.0. The molecule has 0 spiro atoms. The molecule has 0 saturated heterocycles. The lowest BCUT2D eigenvalue weighted by atomic mass is 10.0. The molecule has 2 heterocycles. The highest BCUT2D eigenvalue weighted by atomic mass is 19.1. The maximum absolute atomic E-state index is 15.3. The number of nitrogens with zero attached hydrogens (tertiary/aromatic N) is 3. The average molecular weight is 531 g/mol. The number of carbonyl (C=O) groups is 1. The molecule has 1 N–H and O–H groups in total. The molecule has 0 saturated carbocycles. The van der Waals surface area contributed by atoms with Crippen molar-refractivity contribution < 1.29 is 23.0 Å². The molecule has 10 heteroatoms. The lowest BCUT2D eigenvalue weighted by Gasteiger charge is -2.14. The first-order chi connectivity index (χ1) is 18.9. The molecule has 0 aliphatic rings. The maximum atomic E-state index is 15.3. The number of methoxy groups -OCH3 is 1. The van der Waals surface area contributed by atoms with Crippen LogP contribution in [-0.4, -0.2) is 27.1 Å². The van der Waals surface area contributed by atoms with E-state index < -0.39 is 23.2 Å². The molecule has 198 valence electrons. The van der Waals surface area contributed by atoms with E-state index in [4.69, 9.17) is 9.47 Å². The number of benzene rings is 3. The number of hydrogen-bond donors (Lipinski definition) is 1. The van der Waals surface area contributed by atoms with Gasteiger partial charge in [0.1, 0.15) is 19.0 Å². The number of fused-ring (bicyclic) bond motifs is 1. The molecule has 0 aliphatic carbocycles. The standard InChI is InChI=1S/C29H24F2N4O4/c1-34-27-22(19-12-23(31)28(25(13-19)38-2)39-17-18-6-4-3-5-7-18)14-32-15-24(27)35(29(34)37)16-26(36)33-21-10-8-20(30)9-11-21/h3-15H,16-17H2,1-2H3,(H,33,36). The van der Waals surface area contributed by atoms with Gasteiger partial charge in [-0.25, -0.2) is 13.6 Å². The molecule has 5 aromatic rings. The summed E-state index contributed by atoms with van der Waals surface area (Å²) < 4.78 is 42.3. The second-order valence-electron chi connectivity index (χ2n) is 8.80. The summed E-state index contributed by atoms with van der Waals surface area (Å²) in [6.45, 7) is -0.148. The number of nitrogens with one attached hydrogen (secondary N) is 1. The number of aryl methyl sites for hydroxylation is 1. The quantitative estimate of drug-likeness (QED) is 0.308. The molecule has 5 rings (SSSR count). The zero-order chi connectivity index (χ0) is 27.5. The summed E-state index contributed by atoms with van der Waals surface area (Å²) in [6.07, 6.45) is 2.99. The normalized spacial score (nSPS) is 11.0. The lowest BCUT2D eigenvalue weighted by molar-refractivity contribution is -0.116. The number of anilines is 1. The van der Waals surface area contributed by atoms with Crippen molar-refractivity contribution in [2.24, 2.45) is 7.05 Å². The lowest BCUT2D eigenvalue weighted by Crippen LogP contribution is -2.28. The highest BCUT2D eigenvalue weighted by Gasteiger charge is 2.21. The average Bonchev–Trinajstić information content (AvgIpc) is 3.18. The molecule has 3 aromatic carbocycles. The number of halogens is 2. The summed E-state index contributed by atoms with van der Waals surface area (Å²) in [5.41, 5.74) is 2.54. The molecule has 0 aliphatic heterocycles. The maximum Gasteiger partial charge on any atom is 0.329 e. The summed E-state index contributed by atoms with van der Waals surface area (Å²) >= 11 is 0. The molecule has 0 atom stereocenters. The molecule has 1 amide bonds. The minimum Gasteiger partial charge on any atom is -0.493 e. The largest absolute Gasteiger partial charge is 0.493 e. The van der Waals surface area contributed by atoms with Gasteiger partial charge in [-0.1, -0.05) is 30.3 Å². The Kier molecular flexibility index (Phi) is 7.09. The SMILES string of the molecule is COc1cc(-c2cncc3c2n(C)c(=O)n3CC(=O)Nc2ccc(F)cc2)cc(F)c1OCc1ccccc1. The van der Waals surface area contributed by atoms with E-state index in [0.717, 1.165) is 5.56 Å². The summed E-state index contributed by atoms with van der Waals surface area (Å²) in [6, 6.07) is 17.6. The fourth-order valence-electron chi connectivity index (χ4n) is 4.36. The predicted molar refractivity (Wildman–Crippen MR) is 143 cm³/mol. The van der Waals surface area contributed by atoms with Crippen LogP contribution < -0.4 is 20.5 Å². The molecule has 2 aromatic heterocycles. The van der Waals surface area contributed by atoms with Crippen LogP contribution in [0.2, 0.25) is 0 Å². The van der Waals surface area contributed by atoms with Crippen molar-refractivity contribution in [3.63, 3.8) is 0 Å². The van der Waals surface area contributed by atoms with Crippen LogP contribution in [-0.2, 0) is 25.0 Å². The second-order valence-corrected chi connectivity index (χ2v) is 8.80. The molecule has 8 nitrogen and oxygen atoms in total. The smallest absolute Gasteiger partial charge is 0.329 e. The van der Waals surface area contributed by atoms with Crippen molar-refractivity contribution in [3.8, 4) is 22.6 Å². The van der Waals surface area contributed by atoms with Gasteiger partial charge in [0.2, 0.25) is 5.91 Å². The van der Waals surface area contributed by atoms with Gasteiger partial charge in [0.25, 0.3) is 0 Å². The van der Waals surface area contributed by atoms with Crippen molar-refractivity contribution in [3.05, 3.63) is 107 Å². The first kappa shape index (κ1) is 25.7. The predicted octanol–water partition coefficient (Wildman–Crippen LogP) is 4.91. The third kappa shape index (κ3) is 5.22. The number of amides is 1. The van der Waals surface area contributed by atoms with Crippen molar-refractivity contribution in [1.82, 2.24) is 14.1 Å². The van der Waals surface area contributed by atoms with Crippen molar-refractivity contribution in [2.75, 3.05) is 12.4 Å². The second kappa shape index (κ2) is 10.8. The molecule has 0 radical (unpaired) electrons. The Morgan fingerprint density at radius 1 is 1.03 bits per heavy atom. The number of aromatic nitrogens is 3. The number of imidazole rings is 1.